The molecule has 0 saturated heterocycles. The van der Waals surface area contributed by atoms with E-state index < -0.39 is 0 Å². The van der Waals surface area contributed by atoms with Gasteiger partial charge in [-0.25, -0.2) is 0 Å². The molecule has 0 N–H and O–H groups in total. The number of hydrogen-bond acceptors (Lipinski definition) is 2. The number of thiophene rings is 1. The third-order valence-corrected chi connectivity index (χ3v) is 4.37. The van der Waals surface area contributed by atoms with Crippen LogP contribution in [0.15, 0.2) is 9.59 Å². The minimum absolute atomic E-state index is 1.27. The van der Waals surface area contributed by atoms with E-state index in [0.29, 0.717) is 0 Å². The fourth-order valence-electron chi connectivity index (χ4n) is 1.27. The Morgan fingerprint density at radius 2 is 2.25 bits per heavy atom. The van der Waals surface area contributed by atoms with Gasteiger partial charge in [0.15, 0.2) is 0 Å². The summed E-state index contributed by atoms with van der Waals surface area (Å²) in [4.78, 5) is 0. The van der Waals surface area contributed by atoms with Gasteiger partial charge in [0.05, 0.1) is 4.21 Å². The van der Waals surface area contributed by atoms with Crippen molar-refractivity contribution in [2.24, 2.45) is 0 Å². The van der Waals surface area contributed by atoms with E-state index in [1.807, 2.05) is 23.1 Å². The molecule has 1 aromatic rings. The van der Waals surface area contributed by atoms with Crippen molar-refractivity contribution in [2.45, 2.75) is 37.3 Å². The Morgan fingerprint density at radius 1 is 1.50 bits per heavy atom. The van der Waals surface area contributed by atoms with Crippen LogP contribution < -0.4 is 0 Å². The summed E-state index contributed by atoms with van der Waals surface area (Å²) in [5.41, 5.74) is 3.08. The standard InChI is InChI=1S/C10H16S2/c1-4-5-6-9-8(2)7-12-10(9)11-3/h7H,4-6H2,1-3H3. The Labute approximate surface area is 83.4 Å². The molecule has 1 heterocycles. The molecule has 0 spiro atoms. The van der Waals surface area contributed by atoms with Crippen molar-refractivity contribution in [3.05, 3.63) is 16.5 Å². The summed E-state index contributed by atoms with van der Waals surface area (Å²) >= 11 is 3.77. The molecule has 0 aromatic carbocycles. The molecular weight excluding hydrogens is 184 g/mol. The average Bonchev–Trinajstić information content (AvgIpc) is 2.43. The maximum absolute atomic E-state index is 2.27. The van der Waals surface area contributed by atoms with Crippen LogP contribution in [-0.2, 0) is 6.42 Å². The van der Waals surface area contributed by atoms with Crippen LogP contribution in [0.2, 0.25) is 0 Å². The SMILES string of the molecule is CCCCc1c(C)csc1SC. The van der Waals surface area contributed by atoms with Gasteiger partial charge >= 0.3 is 0 Å². The Morgan fingerprint density at radius 3 is 2.83 bits per heavy atom. The Hall–Kier alpha value is 0.0500. The topological polar surface area (TPSA) is 0 Å². The van der Waals surface area contributed by atoms with E-state index in [0.717, 1.165) is 0 Å². The largest absolute Gasteiger partial charge is 0.137 e. The number of aryl methyl sites for hydroxylation is 1. The molecule has 0 fully saturated rings. The molecule has 0 amide bonds. The lowest BCUT2D eigenvalue weighted by atomic mass is 10.1. The zero-order chi connectivity index (χ0) is 8.97. The van der Waals surface area contributed by atoms with Crippen molar-refractivity contribution >= 4 is 23.1 Å². The third kappa shape index (κ3) is 2.27. The predicted octanol–water partition coefficient (Wildman–Crippen LogP) is 4.12. The van der Waals surface area contributed by atoms with Crippen molar-refractivity contribution < 1.29 is 0 Å². The molecule has 0 atom stereocenters. The summed E-state index contributed by atoms with van der Waals surface area (Å²) < 4.78 is 1.51. The normalized spacial score (nSPS) is 10.6. The van der Waals surface area contributed by atoms with Gasteiger partial charge in [0.1, 0.15) is 0 Å². The summed E-state index contributed by atoms with van der Waals surface area (Å²) in [7, 11) is 0. The van der Waals surface area contributed by atoms with Crippen LogP contribution >= 0.6 is 23.1 Å². The molecule has 0 aliphatic rings. The molecule has 0 radical (unpaired) electrons. The quantitative estimate of drug-likeness (QED) is 0.659. The molecular formula is C10H16S2. The van der Waals surface area contributed by atoms with E-state index in [2.05, 4.69) is 25.5 Å². The lowest BCUT2D eigenvalue weighted by Gasteiger charge is -2.01. The monoisotopic (exact) mass is 200 g/mol. The molecule has 0 aliphatic carbocycles. The molecule has 12 heavy (non-hydrogen) atoms. The van der Waals surface area contributed by atoms with Crippen LogP contribution in [0.3, 0.4) is 0 Å². The molecule has 0 nitrogen and oxygen atoms in total. The van der Waals surface area contributed by atoms with E-state index in [-0.39, 0.29) is 0 Å². The lowest BCUT2D eigenvalue weighted by molar-refractivity contribution is 0.786. The number of rotatable bonds is 4. The highest BCUT2D eigenvalue weighted by molar-refractivity contribution is 8.00. The third-order valence-electron chi connectivity index (χ3n) is 2.03. The predicted molar refractivity (Wildman–Crippen MR) is 59.4 cm³/mol. The maximum Gasteiger partial charge on any atom is 0.0630 e. The highest BCUT2D eigenvalue weighted by Gasteiger charge is 2.06. The molecule has 0 aliphatic heterocycles. The molecule has 0 bridgehead atoms. The van der Waals surface area contributed by atoms with Crippen LogP contribution in [0.1, 0.15) is 30.9 Å². The van der Waals surface area contributed by atoms with E-state index in [1.165, 1.54) is 29.0 Å². The van der Waals surface area contributed by atoms with E-state index in [9.17, 15) is 0 Å². The molecule has 68 valence electrons. The Balaban J connectivity index is 2.72. The number of unbranched alkanes of at least 4 members (excludes halogenated alkanes) is 1. The van der Waals surface area contributed by atoms with Crippen molar-refractivity contribution in [1.82, 2.24) is 0 Å². The highest BCUT2D eigenvalue weighted by Crippen LogP contribution is 2.31. The van der Waals surface area contributed by atoms with Crippen LogP contribution in [0, 0.1) is 6.92 Å². The summed E-state index contributed by atoms with van der Waals surface area (Å²) in [6.45, 7) is 4.47. The van der Waals surface area contributed by atoms with Crippen molar-refractivity contribution in [3.8, 4) is 0 Å². The van der Waals surface area contributed by atoms with Crippen LogP contribution in [0.5, 0.6) is 0 Å². The first-order valence-electron chi connectivity index (χ1n) is 4.40. The zero-order valence-corrected chi connectivity index (χ0v) is 9.65. The first-order valence-corrected chi connectivity index (χ1v) is 6.51. The van der Waals surface area contributed by atoms with Crippen molar-refractivity contribution in [2.75, 3.05) is 6.26 Å². The van der Waals surface area contributed by atoms with Gasteiger partial charge in [-0.15, -0.1) is 23.1 Å². The second-order valence-electron chi connectivity index (χ2n) is 2.99. The molecule has 1 rings (SSSR count). The van der Waals surface area contributed by atoms with Gasteiger partial charge < -0.3 is 0 Å². The molecule has 0 saturated carbocycles. The Bertz CT molecular complexity index is 238. The van der Waals surface area contributed by atoms with Crippen molar-refractivity contribution in [3.63, 3.8) is 0 Å². The van der Waals surface area contributed by atoms with Gasteiger partial charge in [-0.05, 0) is 42.5 Å². The van der Waals surface area contributed by atoms with E-state index in [1.54, 1.807) is 5.56 Å². The minimum atomic E-state index is 1.27. The summed E-state index contributed by atoms with van der Waals surface area (Å²) in [5, 5.41) is 2.27. The van der Waals surface area contributed by atoms with Gasteiger partial charge in [-0.3, -0.25) is 0 Å². The lowest BCUT2D eigenvalue weighted by Crippen LogP contribution is -1.86. The molecule has 2 heteroatoms. The second kappa shape index (κ2) is 4.93. The average molecular weight is 200 g/mol. The minimum Gasteiger partial charge on any atom is -0.137 e. The van der Waals surface area contributed by atoms with Crippen LogP contribution in [0.25, 0.3) is 0 Å². The van der Waals surface area contributed by atoms with Crippen LogP contribution in [-0.4, -0.2) is 6.26 Å². The van der Waals surface area contributed by atoms with Crippen LogP contribution in [0.4, 0.5) is 0 Å². The number of hydrogen-bond donors (Lipinski definition) is 0. The summed E-state index contributed by atoms with van der Waals surface area (Å²) in [5.74, 6) is 0. The smallest absolute Gasteiger partial charge is 0.0630 e. The highest BCUT2D eigenvalue weighted by atomic mass is 32.2. The van der Waals surface area contributed by atoms with Gasteiger partial charge in [-0.1, -0.05) is 13.3 Å². The fraction of sp³-hybridized carbons (Fsp3) is 0.600. The van der Waals surface area contributed by atoms with E-state index >= 15 is 0 Å². The fourth-order valence-corrected chi connectivity index (χ4v) is 3.14. The Kier molecular flexibility index (Phi) is 4.16. The summed E-state index contributed by atoms with van der Waals surface area (Å²) in [6, 6.07) is 0. The number of thioether (sulfide) groups is 1. The second-order valence-corrected chi connectivity index (χ2v) is 4.95. The van der Waals surface area contributed by atoms with E-state index in [4.69, 9.17) is 0 Å². The maximum atomic E-state index is 2.27. The first-order chi connectivity index (χ1) is 5.79. The van der Waals surface area contributed by atoms with Gasteiger partial charge in [0, 0.05) is 0 Å². The van der Waals surface area contributed by atoms with Gasteiger partial charge in [-0.2, -0.15) is 0 Å². The van der Waals surface area contributed by atoms with Gasteiger partial charge in [0.25, 0.3) is 0 Å². The van der Waals surface area contributed by atoms with Gasteiger partial charge in [0.2, 0.25) is 0 Å². The van der Waals surface area contributed by atoms with Crippen molar-refractivity contribution in [1.29, 1.82) is 0 Å². The molecule has 1 aromatic heterocycles. The molecule has 0 unspecified atom stereocenters. The first kappa shape index (κ1) is 10.1. The summed E-state index contributed by atoms with van der Waals surface area (Å²) in [6.07, 6.45) is 6.05. The zero-order valence-electron chi connectivity index (χ0n) is 8.02.